The Hall–Kier alpha value is -2.47. The van der Waals surface area contributed by atoms with Gasteiger partial charge in [0.2, 0.25) is 0 Å². The summed E-state index contributed by atoms with van der Waals surface area (Å²) in [7, 11) is 0. The molecule has 2 aromatic heterocycles. The van der Waals surface area contributed by atoms with E-state index in [1.165, 1.54) is 0 Å². The van der Waals surface area contributed by atoms with Gasteiger partial charge < -0.3 is 5.32 Å². The van der Waals surface area contributed by atoms with Gasteiger partial charge in [-0.15, -0.1) is 0 Å². The Morgan fingerprint density at radius 1 is 1.23 bits per heavy atom. The second-order valence-corrected chi connectivity index (χ2v) is 5.72. The summed E-state index contributed by atoms with van der Waals surface area (Å²) in [6, 6.07) is 9.66. The number of pyridine rings is 1. The molecular weight excluding hydrogens is 344 g/mol. The highest BCUT2D eigenvalue weighted by Crippen LogP contribution is 2.16. The Labute approximate surface area is 136 Å². The van der Waals surface area contributed by atoms with Crippen molar-refractivity contribution in [1.82, 2.24) is 14.8 Å². The SMILES string of the molecule is Cc1ccccc1-n1cc(C(=O)Nc2cncc(Br)c2)cn1. The Kier molecular flexibility index (Phi) is 4.02. The first-order valence-electron chi connectivity index (χ1n) is 6.66. The van der Waals surface area contributed by atoms with Crippen LogP contribution in [-0.2, 0) is 0 Å². The molecule has 0 atom stereocenters. The molecule has 5 nitrogen and oxygen atoms in total. The largest absolute Gasteiger partial charge is 0.320 e. The van der Waals surface area contributed by atoms with E-state index in [0.29, 0.717) is 11.3 Å². The molecule has 0 saturated heterocycles. The van der Waals surface area contributed by atoms with Gasteiger partial charge in [-0.1, -0.05) is 18.2 Å². The molecule has 1 N–H and O–H groups in total. The quantitative estimate of drug-likeness (QED) is 0.779. The Bertz CT molecular complexity index is 828. The first-order chi connectivity index (χ1) is 10.6. The van der Waals surface area contributed by atoms with Gasteiger partial charge in [-0.25, -0.2) is 4.68 Å². The summed E-state index contributed by atoms with van der Waals surface area (Å²) >= 11 is 3.32. The van der Waals surface area contributed by atoms with Gasteiger partial charge in [-0.2, -0.15) is 5.10 Å². The normalized spacial score (nSPS) is 10.5. The van der Waals surface area contributed by atoms with Crippen molar-refractivity contribution in [3.63, 3.8) is 0 Å². The van der Waals surface area contributed by atoms with E-state index in [9.17, 15) is 4.79 Å². The second-order valence-electron chi connectivity index (χ2n) is 4.81. The van der Waals surface area contributed by atoms with Crippen molar-refractivity contribution in [2.24, 2.45) is 0 Å². The molecular formula is C16H13BrN4O. The summed E-state index contributed by atoms with van der Waals surface area (Å²) < 4.78 is 2.50. The lowest BCUT2D eigenvalue weighted by Gasteiger charge is -2.05. The van der Waals surface area contributed by atoms with Crippen molar-refractivity contribution in [3.8, 4) is 5.69 Å². The van der Waals surface area contributed by atoms with Crippen LogP contribution >= 0.6 is 15.9 Å². The minimum atomic E-state index is -0.222. The third kappa shape index (κ3) is 3.07. The number of benzene rings is 1. The number of hydrogen-bond acceptors (Lipinski definition) is 3. The predicted octanol–water partition coefficient (Wildman–Crippen LogP) is 3.59. The van der Waals surface area contributed by atoms with E-state index in [1.807, 2.05) is 31.2 Å². The topological polar surface area (TPSA) is 59.8 Å². The van der Waals surface area contributed by atoms with Gasteiger partial charge in [-0.3, -0.25) is 9.78 Å². The molecule has 110 valence electrons. The molecule has 0 fully saturated rings. The third-order valence-corrected chi connectivity index (χ3v) is 3.60. The first kappa shape index (κ1) is 14.5. The zero-order valence-electron chi connectivity index (χ0n) is 11.8. The molecule has 0 aliphatic heterocycles. The zero-order valence-corrected chi connectivity index (χ0v) is 13.4. The maximum absolute atomic E-state index is 12.2. The number of carbonyl (C=O) groups is 1. The molecule has 3 rings (SSSR count). The van der Waals surface area contributed by atoms with Crippen LogP contribution in [0.3, 0.4) is 0 Å². The van der Waals surface area contributed by atoms with E-state index in [0.717, 1.165) is 15.7 Å². The van der Waals surface area contributed by atoms with E-state index in [4.69, 9.17) is 0 Å². The van der Waals surface area contributed by atoms with Gasteiger partial charge in [0.05, 0.1) is 29.3 Å². The van der Waals surface area contributed by atoms with Gasteiger partial charge >= 0.3 is 0 Å². The van der Waals surface area contributed by atoms with Gasteiger partial charge in [0.25, 0.3) is 5.91 Å². The molecule has 0 bridgehead atoms. The van der Waals surface area contributed by atoms with Crippen LogP contribution in [0.15, 0.2) is 59.6 Å². The maximum Gasteiger partial charge on any atom is 0.258 e. The smallest absolute Gasteiger partial charge is 0.258 e. The average Bonchev–Trinajstić information content (AvgIpc) is 2.97. The molecule has 0 unspecified atom stereocenters. The van der Waals surface area contributed by atoms with Crippen LogP contribution in [0.25, 0.3) is 5.69 Å². The lowest BCUT2D eigenvalue weighted by molar-refractivity contribution is 0.102. The number of rotatable bonds is 3. The van der Waals surface area contributed by atoms with Gasteiger partial charge in [0, 0.05) is 16.9 Å². The molecule has 0 saturated carbocycles. The summed E-state index contributed by atoms with van der Waals surface area (Å²) in [5.74, 6) is -0.222. The van der Waals surface area contributed by atoms with Crippen LogP contribution in [0.1, 0.15) is 15.9 Å². The van der Waals surface area contributed by atoms with E-state index in [-0.39, 0.29) is 5.91 Å². The van der Waals surface area contributed by atoms with Crippen molar-refractivity contribution < 1.29 is 4.79 Å². The van der Waals surface area contributed by atoms with Crippen molar-refractivity contribution in [2.75, 3.05) is 5.32 Å². The van der Waals surface area contributed by atoms with E-state index in [1.54, 1.807) is 35.5 Å². The highest BCUT2D eigenvalue weighted by molar-refractivity contribution is 9.10. The predicted molar refractivity (Wildman–Crippen MR) is 88.2 cm³/mol. The summed E-state index contributed by atoms with van der Waals surface area (Å²) in [6.07, 6.45) is 6.51. The monoisotopic (exact) mass is 356 g/mol. The van der Waals surface area contributed by atoms with Crippen LogP contribution in [0.5, 0.6) is 0 Å². The molecule has 0 aliphatic carbocycles. The summed E-state index contributed by atoms with van der Waals surface area (Å²) in [5.41, 5.74) is 3.16. The third-order valence-electron chi connectivity index (χ3n) is 3.17. The highest BCUT2D eigenvalue weighted by Gasteiger charge is 2.11. The highest BCUT2D eigenvalue weighted by atomic mass is 79.9. The van der Waals surface area contributed by atoms with E-state index >= 15 is 0 Å². The molecule has 0 radical (unpaired) electrons. The zero-order chi connectivity index (χ0) is 15.5. The minimum Gasteiger partial charge on any atom is -0.320 e. The standard InChI is InChI=1S/C16H13BrN4O/c1-11-4-2-3-5-15(11)21-10-12(7-19-21)16(22)20-14-6-13(17)8-18-9-14/h2-10H,1H3,(H,20,22). The number of amides is 1. The molecule has 3 aromatic rings. The van der Waals surface area contributed by atoms with Crippen molar-refractivity contribution in [1.29, 1.82) is 0 Å². The van der Waals surface area contributed by atoms with Crippen LogP contribution in [0.2, 0.25) is 0 Å². The number of nitrogens with zero attached hydrogens (tertiary/aromatic N) is 3. The van der Waals surface area contributed by atoms with Crippen LogP contribution < -0.4 is 5.32 Å². The molecule has 1 aromatic carbocycles. The fourth-order valence-corrected chi connectivity index (χ4v) is 2.44. The number of halogens is 1. The van der Waals surface area contributed by atoms with Crippen molar-refractivity contribution in [2.45, 2.75) is 6.92 Å². The van der Waals surface area contributed by atoms with Gasteiger partial charge in [0.1, 0.15) is 0 Å². The second kappa shape index (κ2) is 6.11. The Morgan fingerprint density at radius 2 is 2.05 bits per heavy atom. The fourth-order valence-electron chi connectivity index (χ4n) is 2.08. The number of aromatic nitrogens is 3. The lowest BCUT2D eigenvalue weighted by atomic mass is 10.2. The number of para-hydroxylation sites is 1. The van der Waals surface area contributed by atoms with Crippen LogP contribution in [0.4, 0.5) is 5.69 Å². The summed E-state index contributed by atoms with van der Waals surface area (Å²) in [5, 5.41) is 7.05. The van der Waals surface area contributed by atoms with Crippen LogP contribution in [0, 0.1) is 6.92 Å². The Balaban J connectivity index is 1.82. The van der Waals surface area contributed by atoms with Gasteiger partial charge in [-0.05, 0) is 40.5 Å². The number of nitrogens with one attached hydrogen (secondary N) is 1. The number of hydrogen-bond donors (Lipinski definition) is 1. The summed E-state index contributed by atoms with van der Waals surface area (Å²) in [6.45, 7) is 2.00. The minimum absolute atomic E-state index is 0.222. The molecule has 2 heterocycles. The number of carbonyl (C=O) groups excluding carboxylic acids is 1. The molecule has 0 spiro atoms. The molecule has 1 amide bonds. The lowest BCUT2D eigenvalue weighted by Crippen LogP contribution is -2.11. The summed E-state index contributed by atoms with van der Waals surface area (Å²) in [4.78, 5) is 16.3. The maximum atomic E-state index is 12.2. The average molecular weight is 357 g/mol. The number of anilines is 1. The number of aryl methyl sites for hydroxylation is 1. The fraction of sp³-hybridized carbons (Fsp3) is 0.0625. The molecule has 6 heteroatoms. The van der Waals surface area contributed by atoms with Crippen molar-refractivity contribution >= 4 is 27.5 Å². The molecule has 0 aliphatic rings. The first-order valence-corrected chi connectivity index (χ1v) is 7.45. The van der Waals surface area contributed by atoms with Crippen LogP contribution in [-0.4, -0.2) is 20.7 Å². The van der Waals surface area contributed by atoms with Gasteiger partial charge in [0.15, 0.2) is 0 Å². The van der Waals surface area contributed by atoms with Crippen molar-refractivity contribution in [3.05, 3.63) is 70.7 Å². The van der Waals surface area contributed by atoms with E-state index in [2.05, 4.69) is 31.3 Å². The Morgan fingerprint density at radius 3 is 2.82 bits per heavy atom. The van der Waals surface area contributed by atoms with E-state index < -0.39 is 0 Å². The molecule has 22 heavy (non-hydrogen) atoms.